The van der Waals surface area contributed by atoms with E-state index in [2.05, 4.69) is 22.0 Å². The third-order valence-electron chi connectivity index (χ3n) is 7.20. The summed E-state index contributed by atoms with van der Waals surface area (Å²) in [6.07, 6.45) is 5.04. The normalized spacial score (nSPS) is 24.6. The quantitative estimate of drug-likeness (QED) is 0.511. The lowest BCUT2D eigenvalue weighted by molar-refractivity contribution is -0.130. The predicted molar refractivity (Wildman–Crippen MR) is 131 cm³/mol. The number of hydrogen-bond acceptors (Lipinski definition) is 5. The Morgan fingerprint density at radius 3 is 2.15 bits per heavy atom. The van der Waals surface area contributed by atoms with Crippen molar-refractivity contribution in [3.63, 3.8) is 0 Å². The van der Waals surface area contributed by atoms with E-state index in [-0.39, 0.29) is 17.3 Å². The van der Waals surface area contributed by atoms with E-state index >= 15 is 0 Å². The largest absolute Gasteiger partial charge is 0.358 e. The van der Waals surface area contributed by atoms with Crippen LogP contribution < -0.4 is 0 Å². The molecule has 2 aliphatic heterocycles. The summed E-state index contributed by atoms with van der Waals surface area (Å²) in [5.41, 5.74) is -0.325. The fraction of sp³-hybridized carbons (Fsp3) is 0.286. The second-order valence-corrected chi connectivity index (χ2v) is 11.0. The van der Waals surface area contributed by atoms with Gasteiger partial charge in [0.25, 0.3) is 0 Å². The Kier molecular flexibility index (Phi) is 5.03. The monoisotopic (exact) mass is 514 g/mol. The number of nitrogens with zero attached hydrogens (tertiary/aromatic N) is 2. The minimum atomic E-state index is -1.50. The highest BCUT2D eigenvalue weighted by Gasteiger charge is 2.71. The zero-order valence-electron chi connectivity index (χ0n) is 19.1. The van der Waals surface area contributed by atoms with Gasteiger partial charge in [0, 0.05) is 33.1 Å². The maximum atomic E-state index is 14.2. The molecular formula is C28H23BrN2O3. The maximum absolute atomic E-state index is 14.2. The molecule has 0 bridgehead atoms. The second kappa shape index (κ2) is 7.61. The lowest BCUT2D eigenvalue weighted by Crippen LogP contribution is -2.47. The summed E-state index contributed by atoms with van der Waals surface area (Å²) in [7, 11) is 0. The van der Waals surface area contributed by atoms with Crippen molar-refractivity contribution >= 4 is 33.3 Å². The fourth-order valence-corrected chi connectivity index (χ4v) is 5.98. The third kappa shape index (κ3) is 2.93. The van der Waals surface area contributed by atoms with Crippen LogP contribution in [0.2, 0.25) is 0 Å². The number of allylic oxidation sites excluding steroid dienone is 2. The molecule has 3 atom stereocenters. The molecule has 34 heavy (non-hydrogen) atoms. The molecule has 6 heteroatoms. The number of carbonyl (C=O) groups is 3. The maximum Gasteiger partial charge on any atom is 0.180 e. The topological polar surface area (TPSA) is 78.2 Å². The lowest BCUT2D eigenvalue weighted by Gasteiger charge is -2.34. The van der Waals surface area contributed by atoms with Crippen LogP contribution in [0.1, 0.15) is 53.0 Å². The fourth-order valence-electron chi connectivity index (χ4n) is 5.71. The third-order valence-corrected chi connectivity index (χ3v) is 7.72. The van der Waals surface area contributed by atoms with Crippen LogP contribution in [-0.2, 0) is 4.79 Å². The van der Waals surface area contributed by atoms with Crippen LogP contribution in [0.15, 0.2) is 76.9 Å². The highest BCUT2D eigenvalue weighted by Crippen LogP contribution is 2.60. The first-order valence-corrected chi connectivity index (χ1v) is 12.0. The average molecular weight is 515 g/mol. The molecule has 1 saturated heterocycles. The van der Waals surface area contributed by atoms with Crippen molar-refractivity contribution in [2.24, 2.45) is 10.8 Å². The van der Waals surface area contributed by atoms with Crippen LogP contribution in [0.25, 0.3) is 0 Å². The second-order valence-electron chi connectivity index (χ2n) is 10.1. The Morgan fingerprint density at radius 1 is 1.03 bits per heavy atom. The zero-order chi connectivity index (χ0) is 24.4. The van der Waals surface area contributed by atoms with E-state index in [9.17, 15) is 19.6 Å². The molecule has 2 heterocycles. The molecule has 1 fully saturated rings. The Bertz CT molecular complexity index is 1310. The Labute approximate surface area is 206 Å². The number of carbonyl (C=O) groups excluding carboxylic acids is 3. The number of rotatable bonds is 2. The van der Waals surface area contributed by atoms with Crippen molar-refractivity contribution in [3.05, 3.63) is 93.6 Å². The first-order valence-electron chi connectivity index (χ1n) is 11.2. The van der Waals surface area contributed by atoms with E-state index in [4.69, 9.17) is 0 Å². The molecule has 2 aromatic rings. The number of benzene rings is 2. The van der Waals surface area contributed by atoms with Gasteiger partial charge in [-0.1, -0.05) is 79.2 Å². The van der Waals surface area contributed by atoms with Crippen molar-refractivity contribution in [2.45, 2.75) is 38.8 Å². The van der Waals surface area contributed by atoms with Gasteiger partial charge in [0.15, 0.2) is 17.3 Å². The molecule has 3 aliphatic rings. The number of Topliss-reactive ketones (excluding diaryl/α,β-unsaturated/α-hetero) is 3. The number of fused-ring (bicyclic) bond motifs is 3. The van der Waals surface area contributed by atoms with Crippen molar-refractivity contribution in [1.29, 1.82) is 5.26 Å². The molecule has 0 amide bonds. The summed E-state index contributed by atoms with van der Waals surface area (Å²) in [4.78, 5) is 44.2. The molecule has 0 N–H and O–H groups in total. The van der Waals surface area contributed by atoms with Gasteiger partial charge in [0.1, 0.15) is 11.5 Å². The number of hydrogen-bond donors (Lipinski definition) is 0. The SMILES string of the molecule is CC(C)(C)C(=O)[C@H]1[C@@H](c2ccc(Br)cc2)C2(C(=O)c3ccccc3C2=O)[C@@H]2C=CC(C#N)=CN21. The minimum Gasteiger partial charge on any atom is -0.358 e. The highest BCUT2D eigenvalue weighted by molar-refractivity contribution is 9.10. The van der Waals surface area contributed by atoms with E-state index < -0.39 is 28.8 Å². The van der Waals surface area contributed by atoms with Crippen molar-refractivity contribution < 1.29 is 14.4 Å². The summed E-state index contributed by atoms with van der Waals surface area (Å²) in [5, 5.41) is 9.59. The molecule has 1 spiro atoms. The van der Waals surface area contributed by atoms with Crippen LogP contribution in [0.4, 0.5) is 0 Å². The van der Waals surface area contributed by atoms with Gasteiger partial charge >= 0.3 is 0 Å². The molecule has 0 radical (unpaired) electrons. The van der Waals surface area contributed by atoms with Crippen molar-refractivity contribution in [2.75, 3.05) is 0 Å². The Balaban J connectivity index is 1.84. The van der Waals surface area contributed by atoms with E-state index in [0.717, 1.165) is 10.0 Å². The van der Waals surface area contributed by atoms with Crippen LogP contribution in [0.5, 0.6) is 0 Å². The first kappa shape index (κ1) is 22.5. The number of nitriles is 1. The standard InChI is InChI=1S/C28H23BrN2O3/c1-27(2,3)26(34)23-22(17-9-11-18(29)12-10-17)28(21-13-8-16(14-30)15-31(21)23)24(32)19-6-4-5-7-20(19)25(28)33/h4-13,15,21-23H,1-3H3/t21-,22+,23+/m0/s1. The van der Waals surface area contributed by atoms with E-state index in [1.165, 1.54) is 0 Å². The first-order chi connectivity index (χ1) is 16.1. The van der Waals surface area contributed by atoms with Crippen LogP contribution >= 0.6 is 15.9 Å². The van der Waals surface area contributed by atoms with Gasteiger partial charge in [-0.2, -0.15) is 5.26 Å². The molecule has 0 saturated carbocycles. The highest BCUT2D eigenvalue weighted by atomic mass is 79.9. The lowest BCUT2D eigenvalue weighted by atomic mass is 9.63. The van der Waals surface area contributed by atoms with E-state index in [1.54, 1.807) is 47.5 Å². The van der Waals surface area contributed by atoms with Crippen LogP contribution in [0.3, 0.4) is 0 Å². The van der Waals surface area contributed by atoms with Crippen LogP contribution in [-0.4, -0.2) is 34.3 Å². The summed E-state index contributed by atoms with van der Waals surface area (Å²) < 4.78 is 0.860. The van der Waals surface area contributed by atoms with E-state index in [0.29, 0.717) is 16.7 Å². The Hall–Kier alpha value is -3.30. The van der Waals surface area contributed by atoms with Gasteiger partial charge in [-0.3, -0.25) is 14.4 Å². The van der Waals surface area contributed by atoms with Gasteiger partial charge in [0.2, 0.25) is 0 Å². The summed E-state index contributed by atoms with van der Waals surface area (Å²) in [5.74, 6) is -1.33. The Morgan fingerprint density at radius 2 is 1.62 bits per heavy atom. The summed E-state index contributed by atoms with van der Waals surface area (Å²) >= 11 is 3.46. The zero-order valence-corrected chi connectivity index (χ0v) is 20.7. The van der Waals surface area contributed by atoms with Gasteiger partial charge in [-0.25, -0.2) is 0 Å². The van der Waals surface area contributed by atoms with Crippen molar-refractivity contribution in [3.8, 4) is 6.07 Å². The van der Waals surface area contributed by atoms with Crippen LogP contribution in [0, 0.1) is 22.2 Å². The number of ketones is 3. The van der Waals surface area contributed by atoms with Gasteiger partial charge in [-0.15, -0.1) is 0 Å². The molecule has 2 aromatic carbocycles. The van der Waals surface area contributed by atoms with Gasteiger partial charge in [-0.05, 0) is 23.8 Å². The predicted octanol–water partition coefficient (Wildman–Crippen LogP) is 5.24. The molecule has 0 unspecified atom stereocenters. The van der Waals surface area contributed by atoms with Gasteiger partial charge < -0.3 is 4.90 Å². The average Bonchev–Trinajstić information content (AvgIpc) is 3.24. The van der Waals surface area contributed by atoms with E-state index in [1.807, 2.05) is 45.0 Å². The number of halogens is 1. The molecule has 0 aromatic heterocycles. The molecular weight excluding hydrogens is 492 g/mol. The smallest absolute Gasteiger partial charge is 0.180 e. The molecule has 5 nitrogen and oxygen atoms in total. The summed E-state index contributed by atoms with van der Waals surface area (Å²) in [6, 6.07) is 15.0. The van der Waals surface area contributed by atoms with Gasteiger partial charge in [0.05, 0.1) is 17.7 Å². The molecule has 170 valence electrons. The molecule has 1 aliphatic carbocycles. The van der Waals surface area contributed by atoms with Crippen molar-refractivity contribution in [1.82, 2.24) is 4.90 Å². The summed E-state index contributed by atoms with van der Waals surface area (Å²) in [6.45, 7) is 5.53. The minimum absolute atomic E-state index is 0.0808. The molecule has 5 rings (SSSR count).